The maximum atomic E-state index is 13.4. The second-order valence-corrected chi connectivity index (χ2v) is 8.37. The molecule has 0 unspecified atom stereocenters. The minimum absolute atomic E-state index is 0.0204. The zero-order chi connectivity index (χ0) is 23.7. The van der Waals surface area contributed by atoms with Crippen LogP contribution in [0, 0.1) is 0 Å². The molecular formula is C24H20N4O5S. The highest BCUT2D eigenvalue weighted by Gasteiger charge is 2.18. The van der Waals surface area contributed by atoms with Crippen LogP contribution in [-0.2, 0) is 13.1 Å². The quantitative estimate of drug-likeness (QED) is 0.355. The zero-order valence-electron chi connectivity index (χ0n) is 18.4. The molecule has 172 valence electrons. The van der Waals surface area contributed by atoms with Crippen LogP contribution in [0.2, 0.25) is 0 Å². The average Bonchev–Trinajstić information content (AvgIpc) is 3.54. The molecule has 0 atom stereocenters. The lowest BCUT2D eigenvalue weighted by molar-refractivity contribution is 0.369. The summed E-state index contributed by atoms with van der Waals surface area (Å²) in [7, 11) is 3.14. The lowest BCUT2D eigenvalue weighted by atomic mass is 10.2. The Morgan fingerprint density at radius 3 is 2.65 bits per heavy atom. The molecule has 0 bridgehead atoms. The van der Waals surface area contributed by atoms with Gasteiger partial charge in [-0.2, -0.15) is 4.98 Å². The maximum Gasteiger partial charge on any atom is 0.332 e. The van der Waals surface area contributed by atoms with Crippen LogP contribution in [0.4, 0.5) is 0 Å². The van der Waals surface area contributed by atoms with Crippen molar-refractivity contribution in [1.29, 1.82) is 0 Å². The predicted molar refractivity (Wildman–Crippen MR) is 128 cm³/mol. The fourth-order valence-corrected chi connectivity index (χ4v) is 4.62. The SMILES string of the molecule is COc1cccc(Cn2c(=O)c3sccc3n(Cc3nc(-c4ccccc4OC)no3)c2=O)c1. The van der Waals surface area contributed by atoms with Gasteiger partial charge in [0.25, 0.3) is 5.56 Å². The Bertz CT molecular complexity index is 1600. The molecule has 0 amide bonds. The first-order chi connectivity index (χ1) is 16.6. The molecule has 9 nitrogen and oxygen atoms in total. The first kappa shape index (κ1) is 21.7. The van der Waals surface area contributed by atoms with E-state index in [1.165, 1.54) is 20.5 Å². The molecule has 0 N–H and O–H groups in total. The average molecular weight is 477 g/mol. The van der Waals surface area contributed by atoms with Gasteiger partial charge < -0.3 is 14.0 Å². The third-order valence-corrected chi connectivity index (χ3v) is 6.31. The van der Waals surface area contributed by atoms with Gasteiger partial charge in [0.15, 0.2) is 0 Å². The Morgan fingerprint density at radius 1 is 0.971 bits per heavy atom. The van der Waals surface area contributed by atoms with E-state index in [-0.39, 0.29) is 24.5 Å². The van der Waals surface area contributed by atoms with Crippen molar-refractivity contribution in [3.8, 4) is 22.9 Å². The summed E-state index contributed by atoms with van der Waals surface area (Å²) in [4.78, 5) is 31.0. The summed E-state index contributed by atoms with van der Waals surface area (Å²) >= 11 is 1.29. The number of benzene rings is 2. The number of nitrogens with zero attached hydrogens (tertiary/aromatic N) is 4. The molecule has 0 fully saturated rings. The van der Waals surface area contributed by atoms with Crippen molar-refractivity contribution >= 4 is 21.6 Å². The van der Waals surface area contributed by atoms with E-state index in [9.17, 15) is 9.59 Å². The van der Waals surface area contributed by atoms with Crippen molar-refractivity contribution in [3.63, 3.8) is 0 Å². The summed E-state index contributed by atoms with van der Waals surface area (Å²) in [6.07, 6.45) is 0. The van der Waals surface area contributed by atoms with Gasteiger partial charge in [-0.3, -0.25) is 13.9 Å². The Labute approximate surface area is 197 Å². The molecule has 2 aromatic carbocycles. The molecule has 0 saturated carbocycles. The van der Waals surface area contributed by atoms with Crippen molar-refractivity contribution in [3.05, 3.63) is 92.3 Å². The van der Waals surface area contributed by atoms with Gasteiger partial charge in [0.2, 0.25) is 11.7 Å². The molecule has 34 heavy (non-hydrogen) atoms. The molecule has 5 aromatic rings. The van der Waals surface area contributed by atoms with Crippen LogP contribution in [0.25, 0.3) is 21.6 Å². The van der Waals surface area contributed by atoms with Gasteiger partial charge in [-0.25, -0.2) is 4.79 Å². The van der Waals surface area contributed by atoms with Crippen LogP contribution in [-0.4, -0.2) is 33.5 Å². The highest BCUT2D eigenvalue weighted by Crippen LogP contribution is 2.27. The predicted octanol–water partition coefficient (Wildman–Crippen LogP) is 3.39. The summed E-state index contributed by atoms with van der Waals surface area (Å²) in [5.41, 5.74) is 1.18. The number of hydrogen-bond donors (Lipinski definition) is 0. The Kier molecular flexibility index (Phi) is 5.72. The molecule has 0 saturated heterocycles. The molecule has 3 heterocycles. The topological polar surface area (TPSA) is 101 Å². The number of ether oxygens (including phenoxy) is 2. The normalized spacial score (nSPS) is 11.1. The van der Waals surface area contributed by atoms with E-state index in [2.05, 4.69) is 10.1 Å². The summed E-state index contributed by atoms with van der Waals surface area (Å²) in [6, 6.07) is 16.3. The van der Waals surface area contributed by atoms with E-state index in [4.69, 9.17) is 14.0 Å². The smallest absolute Gasteiger partial charge is 0.332 e. The number of fused-ring (bicyclic) bond motifs is 1. The molecule has 0 radical (unpaired) electrons. The van der Waals surface area contributed by atoms with Crippen molar-refractivity contribution in [1.82, 2.24) is 19.3 Å². The molecule has 0 aliphatic carbocycles. The lowest BCUT2D eigenvalue weighted by Crippen LogP contribution is -2.40. The second kappa shape index (κ2) is 8.99. The Hall–Kier alpha value is -4.18. The van der Waals surface area contributed by atoms with Crippen LogP contribution >= 0.6 is 11.3 Å². The second-order valence-electron chi connectivity index (χ2n) is 7.46. The van der Waals surface area contributed by atoms with Crippen molar-refractivity contribution in [2.75, 3.05) is 14.2 Å². The van der Waals surface area contributed by atoms with E-state index < -0.39 is 5.69 Å². The van der Waals surface area contributed by atoms with Gasteiger partial charge in [0.05, 0.1) is 31.8 Å². The lowest BCUT2D eigenvalue weighted by Gasteiger charge is -2.11. The fraction of sp³-hybridized carbons (Fsp3) is 0.167. The van der Waals surface area contributed by atoms with Crippen LogP contribution in [0.1, 0.15) is 11.5 Å². The number of aromatic nitrogens is 4. The highest BCUT2D eigenvalue weighted by molar-refractivity contribution is 7.17. The summed E-state index contributed by atoms with van der Waals surface area (Å²) in [5, 5.41) is 5.84. The number of thiophene rings is 1. The highest BCUT2D eigenvalue weighted by atomic mass is 32.1. The molecule has 5 rings (SSSR count). The molecule has 0 spiro atoms. The maximum absolute atomic E-state index is 13.4. The van der Waals surface area contributed by atoms with Gasteiger partial charge >= 0.3 is 5.69 Å². The summed E-state index contributed by atoms with van der Waals surface area (Å²) < 4.78 is 19.3. The third kappa shape index (κ3) is 3.88. The number of rotatable bonds is 7. The van der Waals surface area contributed by atoms with E-state index in [1.54, 1.807) is 37.8 Å². The Morgan fingerprint density at radius 2 is 1.82 bits per heavy atom. The van der Waals surface area contributed by atoms with E-state index in [1.807, 2.05) is 36.4 Å². The monoisotopic (exact) mass is 476 g/mol. The van der Waals surface area contributed by atoms with Crippen LogP contribution in [0.3, 0.4) is 0 Å². The van der Waals surface area contributed by atoms with Gasteiger partial charge in [-0.05, 0) is 41.3 Å². The first-order valence-corrected chi connectivity index (χ1v) is 11.3. The minimum atomic E-state index is -0.462. The third-order valence-electron chi connectivity index (χ3n) is 5.42. The zero-order valence-corrected chi connectivity index (χ0v) is 19.2. The van der Waals surface area contributed by atoms with Crippen LogP contribution < -0.4 is 20.7 Å². The van der Waals surface area contributed by atoms with Gasteiger partial charge in [-0.1, -0.05) is 29.4 Å². The summed E-state index contributed by atoms with van der Waals surface area (Å²) in [6.45, 7) is 0.131. The molecule has 10 heteroatoms. The van der Waals surface area contributed by atoms with E-state index >= 15 is 0 Å². The number of hydrogen-bond acceptors (Lipinski definition) is 8. The first-order valence-electron chi connectivity index (χ1n) is 10.4. The molecule has 0 aliphatic rings. The fourth-order valence-electron chi connectivity index (χ4n) is 3.77. The molecule has 3 aromatic heterocycles. The van der Waals surface area contributed by atoms with E-state index in [0.717, 1.165) is 5.56 Å². The molecule has 0 aliphatic heterocycles. The molecular weight excluding hydrogens is 456 g/mol. The standard InChI is InChI=1S/C24H20N4O5S/c1-31-16-7-5-6-15(12-16)13-28-23(29)21-18(10-11-34-21)27(24(28)30)14-20-25-22(26-33-20)17-8-3-4-9-19(17)32-2/h3-12H,13-14H2,1-2H3. The van der Waals surface area contributed by atoms with Crippen LogP contribution in [0.15, 0.2) is 74.1 Å². The van der Waals surface area contributed by atoms with Crippen LogP contribution in [0.5, 0.6) is 11.5 Å². The number of para-hydroxylation sites is 1. The van der Waals surface area contributed by atoms with Crippen molar-refractivity contribution < 1.29 is 14.0 Å². The van der Waals surface area contributed by atoms with Gasteiger partial charge in [0.1, 0.15) is 22.7 Å². The largest absolute Gasteiger partial charge is 0.497 e. The summed E-state index contributed by atoms with van der Waals surface area (Å²) in [5.74, 6) is 1.85. The number of methoxy groups -OCH3 is 2. The van der Waals surface area contributed by atoms with Crippen molar-refractivity contribution in [2.45, 2.75) is 13.1 Å². The van der Waals surface area contributed by atoms with Crippen molar-refractivity contribution in [2.24, 2.45) is 0 Å². The van der Waals surface area contributed by atoms with E-state index in [0.29, 0.717) is 33.1 Å². The minimum Gasteiger partial charge on any atom is -0.497 e. The van der Waals surface area contributed by atoms with Gasteiger partial charge in [0, 0.05) is 0 Å². The Balaban J connectivity index is 1.56. The van der Waals surface area contributed by atoms with Gasteiger partial charge in [-0.15, -0.1) is 11.3 Å².